The lowest BCUT2D eigenvalue weighted by Gasteiger charge is -2.12. The molecule has 6 aromatic carbocycles. The van der Waals surface area contributed by atoms with Gasteiger partial charge in [-0.05, 0) is 74.5 Å². The first-order valence-electron chi connectivity index (χ1n) is 15.6. The lowest BCUT2D eigenvalue weighted by molar-refractivity contribution is 1.34. The van der Waals surface area contributed by atoms with E-state index in [1.165, 1.54) is 44.2 Å². The Morgan fingerprint density at radius 1 is 0.370 bits per heavy atom. The molecule has 3 heteroatoms. The maximum absolute atomic E-state index is 5.24. The van der Waals surface area contributed by atoms with Crippen molar-refractivity contribution < 1.29 is 0 Å². The molecule has 0 saturated carbocycles. The van der Waals surface area contributed by atoms with Crippen molar-refractivity contribution in [3.63, 3.8) is 0 Å². The summed E-state index contributed by atoms with van der Waals surface area (Å²) < 4.78 is 0. The molecule has 0 aliphatic heterocycles. The van der Waals surface area contributed by atoms with Crippen molar-refractivity contribution in [3.05, 3.63) is 152 Å². The number of para-hydroxylation sites is 1. The summed E-state index contributed by atoms with van der Waals surface area (Å²) >= 11 is 0. The van der Waals surface area contributed by atoms with E-state index in [1.54, 1.807) is 0 Å². The molecule has 0 atom stereocenters. The molecule has 46 heavy (non-hydrogen) atoms. The number of hydrogen-bond acceptors (Lipinski definition) is 3. The fraction of sp³-hybridized carbons (Fsp3) is 0. The SMILES string of the molecule is c1cc(-c2ccc3ccc4ccc(-c5cnc6ccccc6c5)nc4c3n2)cc(-c2ccc3c4c(cccc24)-c2ccccc2-3)c1. The van der Waals surface area contributed by atoms with E-state index < -0.39 is 0 Å². The fourth-order valence-corrected chi connectivity index (χ4v) is 7.21. The van der Waals surface area contributed by atoms with Crippen LogP contribution in [0.4, 0.5) is 0 Å². The second kappa shape index (κ2) is 9.65. The number of aromatic nitrogens is 3. The van der Waals surface area contributed by atoms with E-state index in [0.29, 0.717) is 0 Å². The van der Waals surface area contributed by atoms with Crippen molar-refractivity contribution in [2.45, 2.75) is 0 Å². The molecule has 0 N–H and O–H groups in total. The second-order valence-corrected chi connectivity index (χ2v) is 12.0. The van der Waals surface area contributed by atoms with E-state index in [4.69, 9.17) is 9.97 Å². The monoisotopic (exact) mass is 583 g/mol. The molecule has 0 amide bonds. The average molecular weight is 584 g/mol. The lowest BCUT2D eigenvalue weighted by Crippen LogP contribution is -1.92. The first kappa shape index (κ1) is 25.2. The normalized spacial score (nSPS) is 11.9. The first-order chi connectivity index (χ1) is 22.8. The van der Waals surface area contributed by atoms with Gasteiger partial charge in [0, 0.05) is 33.5 Å². The van der Waals surface area contributed by atoms with Crippen LogP contribution in [0, 0.1) is 0 Å². The van der Waals surface area contributed by atoms with E-state index >= 15 is 0 Å². The van der Waals surface area contributed by atoms with E-state index in [9.17, 15) is 0 Å². The molecule has 0 fully saturated rings. The van der Waals surface area contributed by atoms with Crippen LogP contribution in [0.25, 0.3) is 99.4 Å². The summed E-state index contributed by atoms with van der Waals surface area (Å²) in [5, 5.41) is 5.86. The molecule has 0 unspecified atom stereocenters. The zero-order valence-corrected chi connectivity index (χ0v) is 24.8. The molecular formula is C43H25N3. The van der Waals surface area contributed by atoms with Gasteiger partial charge in [-0.2, -0.15) is 0 Å². The number of hydrogen-bond donors (Lipinski definition) is 0. The highest BCUT2D eigenvalue weighted by Gasteiger charge is 2.22. The van der Waals surface area contributed by atoms with Gasteiger partial charge in [0.15, 0.2) is 0 Å². The molecule has 3 nitrogen and oxygen atoms in total. The Morgan fingerprint density at radius 2 is 0.978 bits per heavy atom. The van der Waals surface area contributed by atoms with Crippen molar-refractivity contribution in [1.82, 2.24) is 15.0 Å². The summed E-state index contributed by atoms with van der Waals surface area (Å²) in [6, 6.07) is 51.8. The van der Waals surface area contributed by atoms with Gasteiger partial charge in [-0.25, -0.2) is 9.97 Å². The Bertz CT molecular complexity index is 2680. The molecule has 3 heterocycles. The van der Waals surface area contributed by atoms with E-state index in [0.717, 1.165) is 55.2 Å². The molecule has 0 radical (unpaired) electrons. The molecule has 212 valence electrons. The average Bonchev–Trinajstić information content (AvgIpc) is 3.46. The van der Waals surface area contributed by atoms with Gasteiger partial charge in [-0.1, -0.05) is 115 Å². The maximum Gasteiger partial charge on any atom is 0.0972 e. The standard InChI is InChI=1S/C43H25N3/c1-4-14-38-29(7-1)24-31(25-44-38)40-22-18-27-16-15-26-17-21-39(45-42(26)43(27)46-40)30-9-5-8-28(23-30)32-19-20-37-34-11-3-2-10-33(34)36-13-6-12-35(32)41(36)37/h1-25H. The second-order valence-electron chi connectivity index (χ2n) is 12.0. The third-order valence-electron chi connectivity index (χ3n) is 9.42. The minimum Gasteiger partial charge on any atom is -0.256 e. The van der Waals surface area contributed by atoms with E-state index in [2.05, 4.69) is 132 Å². The Morgan fingerprint density at radius 3 is 1.78 bits per heavy atom. The Hall–Kier alpha value is -6.19. The van der Waals surface area contributed by atoms with Gasteiger partial charge in [0.2, 0.25) is 0 Å². The van der Waals surface area contributed by atoms with Crippen LogP contribution < -0.4 is 0 Å². The third-order valence-corrected chi connectivity index (χ3v) is 9.42. The molecule has 3 aromatic heterocycles. The van der Waals surface area contributed by atoms with Gasteiger partial charge in [-0.3, -0.25) is 4.98 Å². The van der Waals surface area contributed by atoms with Crippen molar-refractivity contribution in [2.75, 3.05) is 0 Å². The van der Waals surface area contributed by atoms with Crippen LogP contribution in [-0.4, -0.2) is 15.0 Å². The molecule has 1 aliphatic carbocycles. The number of rotatable bonds is 3. The van der Waals surface area contributed by atoms with Crippen LogP contribution in [-0.2, 0) is 0 Å². The number of nitrogens with zero attached hydrogens (tertiary/aromatic N) is 3. The summed E-state index contributed by atoms with van der Waals surface area (Å²) in [5.41, 5.74) is 14.4. The minimum absolute atomic E-state index is 0.890. The molecule has 0 saturated heterocycles. The predicted molar refractivity (Wildman–Crippen MR) is 191 cm³/mol. The van der Waals surface area contributed by atoms with Crippen LogP contribution >= 0.6 is 0 Å². The van der Waals surface area contributed by atoms with Gasteiger partial charge >= 0.3 is 0 Å². The van der Waals surface area contributed by atoms with Crippen molar-refractivity contribution in [3.8, 4) is 55.9 Å². The van der Waals surface area contributed by atoms with E-state index in [-0.39, 0.29) is 0 Å². The smallest absolute Gasteiger partial charge is 0.0972 e. The quantitative estimate of drug-likeness (QED) is 0.194. The predicted octanol–water partition coefficient (Wildman–Crippen LogP) is 11.1. The Labute approximate surface area is 265 Å². The minimum atomic E-state index is 0.890. The van der Waals surface area contributed by atoms with Gasteiger partial charge < -0.3 is 0 Å². The Balaban J connectivity index is 1.10. The number of pyridine rings is 3. The van der Waals surface area contributed by atoms with Gasteiger partial charge in [0.1, 0.15) is 0 Å². The zero-order chi connectivity index (χ0) is 30.2. The summed E-state index contributed by atoms with van der Waals surface area (Å²) in [4.78, 5) is 15.1. The Kier molecular flexibility index (Phi) is 5.28. The first-order valence-corrected chi connectivity index (χ1v) is 15.6. The third kappa shape index (κ3) is 3.75. The van der Waals surface area contributed by atoms with Gasteiger partial charge in [0.05, 0.1) is 27.9 Å². The summed E-state index contributed by atoms with van der Waals surface area (Å²) in [6.07, 6.45) is 1.91. The highest BCUT2D eigenvalue weighted by molar-refractivity contribution is 6.18. The van der Waals surface area contributed by atoms with Gasteiger partial charge in [-0.15, -0.1) is 0 Å². The molecule has 0 spiro atoms. The fourth-order valence-electron chi connectivity index (χ4n) is 7.21. The largest absolute Gasteiger partial charge is 0.256 e. The van der Waals surface area contributed by atoms with Crippen LogP contribution in [0.2, 0.25) is 0 Å². The highest BCUT2D eigenvalue weighted by Crippen LogP contribution is 2.49. The van der Waals surface area contributed by atoms with Crippen LogP contribution in [0.15, 0.2) is 152 Å². The molecule has 0 bridgehead atoms. The molecular weight excluding hydrogens is 558 g/mol. The molecule has 10 rings (SSSR count). The highest BCUT2D eigenvalue weighted by atomic mass is 14.8. The van der Waals surface area contributed by atoms with Gasteiger partial charge in [0.25, 0.3) is 0 Å². The topological polar surface area (TPSA) is 38.7 Å². The van der Waals surface area contributed by atoms with Crippen molar-refractivity contribution in [2.24, 2.45) is 0 Å². The van der Waals surface area contributed by atoms with Crippen molar-refractivity contribution >= 4 is 43.5 Å². The van der Waals surface area contributed by atoms with Crippen LogP contribution in [0.1, 0.15) is 0 Å². The summed E-state index contributed by atoms with van der Waals surface area (Å²) in [7, 11) is 0. The van der Waals surface area contributed by atoms with Crippen LogP contribution in [0.5, 0.6) is 0 Å². The number of benzene rings is 6. The molecule has 1 aliphatic rings. The zero-order valence-electron chi connectivity index (χ0n) is 24.8. The maximum atomic E-state index is 5.24. The lowest BCUT2D eigenvalue weighted by atomic mass is 9.93. The molecule has 9 aromatic rings. The van der Waals surface area contributed by atoms with E-state index in [1.807, 2.05) is 24.4 Å². The summed E-state index contributed by atoms with van der Waals surface area (Å²) in [5.74, 6) is 0. The van der Waals surface area contributed by atoms with Crippen molar-refractivity contribution in [1.29, 1.82) is 0 Å². The number of fused-ring (bicyclic) bond motifs is 7. The summed E-state index contributed by atoms with van der Waals surface area (Å²) in [6.45, 7) is 0. The van der Waals surface area contributed by atoms with Crippen LogP contribution in [0.3, 0.4) is 0 Å².